The predicted molar refractivity (Wildman–Crippen MR) is 77.9 cm³/mol. The van der Waals surface area contributed by atoms with E-state index in [9.17, 15) is 0 Å². The minimum Gasteiger partial charge on any atom is -0.378 e. The molecule has 108 valence electrons. The maximum Gasteiger partial charge on any atom is 0.0634 e. The van der Waals surface area contributed by atoms with Gasteiger partial charge in [-0.05, 0) is 18.3 Å². The van der Waals surface area contributed by atoms with E-state index in [1.165, 1.54) is 13.0 Å². The van der Waals surface area contributed by atoms with Gasteiger partial charge in [-0.25, -0.2) is 0 Å². The van der Waals surface area contributed by atoms with Crippen molar-refractivity contribution in [3.8, 4) is 0 Å². The molecule has 0 bridgehead atoms. The van der Waals surface area contributed by atoms with Gasteiger partial charge in [-0.2, -0.15) is 0 Å². The highest BCUT2D eigenvalue weighted by Gasteiger charge is 2.24. The van der Waals surface area contributed by atoms with Crippen LogP contribution in [0.25, 0.3) is 0 Å². The van der Waals surface area contributed by atoms with E-state index >= 15 is 0 Å². The highest BCUT2D eigenvalue weighted by molar-refractivity contribution is 4.79. The molecule has 0 aliphatic carbocycles. The van der Waals surface area contributed by atoms with Crippen molar-refractivity contribution in [2.75, 3.05) is 32.8 Å². The second-order valence-corrected chi connectivity index (χ2v) is 6.52. The van der Waals surface area contributed by atoms with Crippen molar-refractivity contribution >= 4 is 0 Å². The highest BCUT2D eigenvalue weighted by atomic mass is 16.5. The van der Waals surface area contributed by atoms with Gasteiger partial charge >= 0.3 is 0 Å². The zero-order valence-electron chi connectivity index (χ0n) is 12.9. The minimum absolute atomic E-state index is 0.552. The molecule has 0 aromatic heterocycles. The summed E-state index contributed by atoms with van der Waals surface area (Å²) in [5.41, 5.74) is 0. The molecule has 1 aliphatic heterocycles. The molecule has 0 radical (unpaired) electrons. The first-order chi connectivity index (χ1) is 8.49. The molecule has 3 heteroatoms. The first-order valence-corrected chi connectivity index (χ1v) is 7.54. The number of nitrogens with one attached hydrogen (secondary N) is 1. The molecule has 1 aliphatic rings. The van der Waals surface area contributed by atoms with E-state index in [1.54, 1.807) is 0 Å². The van der Waals surface area contributed by atoms with Crippen LogP contribution in [0.5, 0.6) is 0 Å². The number of hydrogen-bond donors (Lipinski definition) is 1. The van der Waals surface area contributed by atoms with Gasteiger partial charge in [0.05, 0.1) is 13.2 Å². The van der Waals surface area contributed by atoms with Gasteiger partial charge in [0.15, 0.2) is 0 Å². The number of hydrogen-bond acceptors (Lipinski definition) is 3. The maximum absolute atomic E-state index is 5.63. The lowest BCUT2D eigenvalue weighted by atomic mass is 9.97. The molecular formula is C15H32N2O. The summed E-state index contributed by atoms with van der Waals surface area (Å²) in [7, 11) is 0. The Morgan fingerprint density at radius 3 is 2.56 bits per heavy atom. The van der Waals surface area contributed by atoms with Crippen LogP contribution in [0.15, 0.2) is 0 Å². The van der Waals surface area contributed by atoms with Crippen molar-refractivity contribution in [2.24, 2.45) is 11.8 Å². The summed E-state index contributed by atoms with van der Waals surface area (Å²) in [5.74, 6) is 1.58. The molecule has 0 amide bonds. The van der Waals surface area contributed by atoms with E-state index in [1.807, 2.05) is 0 Å². The molecule has 1 saturated heterocycles. The highest BCUT2D eigenvalue weighted by Crippen LogP contribution is 2.15. The van der Waals surface area contributed by atoms with Crippen LogP contribution in [0.4, 0.5) is 0 Å². The molecule has 1 N–H and O–H groups in total. The van der Waals surface area contributed by atoms with Gasteiger partial charge in [0.1, 0.15) is 0 Å². The average molecular weight is 256 g/mol. The third-order valence-corrected chi connectivity index (χ3v) is 3.53. The minimum atomic E-state index is 0.552. The fraction of sp³-hybridized carbons (Fsp3) is 1.00. The van der Waals surface area contributed by atoms with Gasteiger partial charge in [-0.3, -0.25) is 4.90 Å². The van der Waals surface area contributed by atoms with Crippen LogP contribution >= 0.6 is 0 Å². The first kappa shape index (κ1) is 15.9. The van der Waals surface area contributed by atoms with Gasteiger partial charge in [0.2, 0.25) is 0 Å². The Kier molecular flexibility index (Phi) is 7.20. The van der Waals surface area contributed by atoms with Gasteiger partial charge in [0.25, 0.3) is 0 Å². The van der Waals surface area contributed by atoms with Crippen molar-refractivity contribution in [1.29, 1.82) is 0 Å². The standard InChI is InChI=1S/C15H32N2O/c1-12(2)8-14(5)10-17-6-7-18-11-15(17)9-16-13(3)4/h12-16H,6-11H2,1-5H3. The topological polar surface area (TPSA) is 24.5 Å². The monoisotopic (exact) mass is 256 g/mol. The first-order valence-electron chi connectivity index (χ1n) is 7.54. The van der Waals surface area contributed by atoms with Crippen LogP contribution < -0.4 is 5.32 Å². The summed E-state index contributed by atoms with van der Waals surface area (Å²) in [6, 6.07) is 1.11. The Bertz CT molecular complexity index is 219. The molecule has 1 rings (SSSR count). The number of ether oxygens (including phenoxy) is 1. The van der Waals surface area contributed by atoms with E-state index in [0.717, 1.165) is 38.1 Å². The van der Waals surface area contributed by atoms with Gasteiger partial charge in [-0.15, -0.1) is 0 Å². The molecule has 0 saturated carbocycles. The molecule has 0 spiro atoms. The molecule has 2 unspecified atom stereocenters. The normalized spacial score (nSPS) is 23.8. The van der Waals surface area contributed by atoms with Gasteiger partial charge < -0.3 is 10.1 Å². The van der Waals surface area contributed by atoms with Crippen LogP contribution in [0.2, 0.25) is 0 Å². The van der Waals surface area contributed by atoms with Crippen molar-refractivity contribution in [1.82, 2.24) is 10.2 Å². The molecule has 2 atom stereocenters. The third kappa shape index (κ3) is 6.17. The lowest BCUT2D eigenvalue weighted by Gasteiger charge is -2.38. The number of rotatable bonds is 7. The number of nitrogens with zero attached hydrogens (tertiary/aromatic N) is 1. The third-order valence-electron chi connectivity index (χ3n) is 3.53. The number of morpholine rings is 1. The lowest BCUT2D eigenvalue weighted by Crippen LogP contribution is -2.52. The Hall–Kier alpha value is -0.120. The van der Waals surface area contributed by atoms with Crippen molar-refractivity contribution in [3.05, 3.63) is 0 Å². The molecule has 0 aromatic rings. The van der Waals surface area contributed by atoms with Crippen LogP contribution in [0.3, 0.4) is 0 Å². The van der Waals surface area contributed by atoms with Gasteiger partial charge in [-0.1, -0.05) is 34.6 Å². The Balaban J connectivity index is 2.38. The molecule has 0 aromatic carbocycles. The van der Waals surface area contributed by atoms with E-state index in [0.29, 0.717) is 12.1 Å². The van der Waals surface area contributed by atoms with Crippen LogP contribution in [0.1, 0.15) is 41.0 Å². The van der Waals surface area contributed by atoms with Crippen LogP contribution in [0, 0.1) is 11.8 Å². The molecule has 18 heavy (non-hydrogen) atoms. The summed E-state index contributed by atoms with van der Waals surface area (Å²) in [6.45, 7) is 16.5. The SMILES string of the molecule is CC(C)CC(C)CN1CCOCC1CNC(C)C. The summed E-state index contributed by atoms with van der Waals surface area (Å²) < 4.78 is 5.63. The van der Waals surface area contributed by atoms with Crippen molar-refractivity contribution < 1.29 is 4.74 Å². The fourth-order valence-electron chi connectivity index (χ4n) is 2.77. The maximum atomic E-state index is 5.63. The Morgan fingerprint density at radius 1 is 1.22 bits per heavy atom. The summed E-state index contributed by atoms with van der Waals surface area (Å²) in [6.07, 6.45) is 1.32. The fourth-order valence-corrected chi connectivity index (χ4v) is 2.77. The van der Waals surface area contributed by atoms with E-state index in [-0.39, 0.29) is 0 Å². The molecule has 3 nitrogen and oxygen atoms in total. The average Bonchev–Trinajstić information content (AvgIpc) is 2.26. The summed E-state index contributed by atoms with van der Waals surface area (Å²) in [4.78, 5) is 2.62. The van der Waals surface area contributed by atoms with Crippen molar-refractivity contribution in [3.63, 3.8) is 0 Å². The smallest absolute Gasteiger partial charge is 0.0634 e. The van der Waals surface area contributed by atoms with Crippen molar-refractivity contribution in [2.45, 2.75) is 53.1 Å². The Labute approximate surface area is 113 Å². The molecular weight excluding hydrogens is 224 g/mol. The summed E-state index contributed by atoms with van der Waals surface area (Å²) in [5, 5.41) is 3.54. The quantitative estimate of drug-likeness (QED) is 0.757. The second-order valence-electron chi connectivity index (χ2n) is 6.52. The summed E-state index contributed by atoms with van der Waals surface area (Å²) >= 11 is 0. The van der Waals surface area contributed by atoms with Gasteiger partial charge in [0, 0.05) is 31.7 Å². The molecule has 1 fully saturated rings. The second kappa shape index (κ2) is 8.13. The van der Waals surface area contributed by atoms with E-state index in [2.05, 4.69) is 44.8 Å². The zero-order chi connectivity index (χ0) is 13.5. The van der Waals surface area contributed by atoms with E-state index < -0.39 is 0 Å². The lowest BCUT2D eigenvalue weighted by molar-refractivity contribution is -0.0142. The zero-order valence-corrected chi connectivity index (χ0v) is 12.9. The Morgan fingerprint density at radius 2 is 1.94 bits per heavy atom. The van der Waals surface area contributed by atoms with Crippen LogP contribution in [-0.4, -0.2) is 49.8 Å². The largest absolute Gasteiger partial charge is 0.378 e. The van der Waals surface area contributed by atoms with E-state index in [4.69, 9.17) is 4.74 Å². The molecule has 1 heterocycles. The van der Waals surface area contributed by atoms with Crippen LogP contribution in [-0.2, 0) is 4.74 Å². The predicted octanol–water partition coefficient (Wildman–Crippen LogP) is 2.37.